The molecule has 0 aliphatic heterocycles. The van der Waals surface area contributed by atoms with Crippen LogP contribution in [-0.4, -0.2) is 20.2 Å². The van der Waals surface area contributed by atoms with Crippen molar-refractivity contribution in [2.24, 2.45) is 0 Å². The van der Waals surface area contributed by atoms with E-state index in [0.29, 0.717) is 16.7 Å². The summed E-state index contributed by atoms with van der Waals surface area (Å²) in [4.78, 5) is 38.5. The topological polar surface area (TPSA) is 81.3 Å². The predicted octanol–water partition coefficient (Wildman–Crippen LogP) is 5.80. The molecule has 0 bridgehead atoms. The Morgan fingerprint density at radius 3 is 2.13 bits per heavy atom. The van der Waals surface area contributed by atoms with Gasteiger partial charge in [0, 0.05) is 11.6 Å². The molecule has 0 aliphatic carbocycles. The summed E-state index contributed by atoms with van der Waals surface area (Å²) in [5.74, 6) is -2.95. The quantitative estimate of drug-likeness (QED) is 0.293. The van der Waals surface area contributed by atoms with Gasteiger partial charge in [0.15, 0.2) is 0 Å². The van der Waals surface area contributed by atoms with Gasteiger partial charge in [0.25, 0.3) is 5.56 Å². The van der Waals surface area contributed by atoms with Gasteiger partial charge in [-0.2, -0.15) is 13.2 Å². The van der Waals surface area contributed by atoms with Crippen molar-refractivity contribution in [3.8, 4) is 22.5 Å². The van der Waals surface area contributed by atoms with Gasteiger partial charge in [-0.1, -0.05) is 12.1 Å². The van der Waals surface area contributed by atoms with Crippen LogP contribution in [0.3, 0.4) is 0 Å². The first-order valence-electron chi connectivity index (χ1n) is 11.2. The molecule has 11 heteroatoms. The minimum atomic E-state index is -4.75. The Morgan fingerprint density at radius 2 is 1.49 bits per heavy atom. The van der Waals surface area contributed by atoms with Crippen LogP contribution in [0.5, 0.6) is 0 Å². The van der Waals surface area contributed by atoms with Gasteiger partial charge in [0.05, 0.1) is 33.4 Å². The van der Waals surface area contributed by atoms with Crippen molar-refractivity contribution >= 4 is 16.9 Å². The number of hydrogen-bond donors (Lipinski definition) is 1. The lowest BCUT2D eigenvalue weighted by atomic mass is 10.0. The molecule has 1 N–H and O–H groups in total. The van der Waals surface area contributed by atoms with E-state index in [1.54, 1.807) is 0 Å². The van der Waals surface area contributed by atoms with Crippen LogP contribution in [0.2, 0.25) is 0 Å². The molecule has 4 aromatic carbocycles. The fourth-order valence-corrected chi connectivity index (χ4v) is 4.26. The van der Waals surface area contributed by atoms with Crippen molar-refractivity contribution in [2.45, 2.75) is 6.18 Å². The lowest BCUT2D eigenvalue weighted by Crippen LogP contribution is -2.38. The Hall–Kier alpha value is -5.06. The summed E-state index contributed by atoms with van der Waals surface area (Å²) in [5, 5.41) is 9.05. The molecule has 5 rings (SSSR count). The zero-order valence-electron chi connectivity index (χ0n) is 19.5. The van der Waals surface area contributed by atoms with Crippen LogP contribution >= 0.6 is 0 Å². The highest BCUT2D eigenvalue weighted by molar-refractivity contribution is 5.88. The first-order valence-corrected chi connectivity index (χ1v) is 11.2. The van der Waals surface area contributed by atoms with Crippen molar-refractivity contribution in [3.05, 3.63) is 129 Å². The van der Waals surface area contributed by atoms with Gasteiger partial charge in [-0.15, -0.1) is 0 Å². The molecule has 0 spiro atoms. The van der Waals surface area contributed by atoms with Crippen LogP contribution in [0.25, 0.3) is 33.4 Å². The summed E-state index contributed by atoms with van der Waals surface area (Å²) in [5.41, 5.74) is -3.28. The van der Waals surface area contributed by atoms with Crippen LogP contribution in [0, 0.1) is 11.6 Å². The molecule has 196 valence electrons. The van der Waals surface area contributed by atoms with Crippen molar-refractivity contribution in [2.75, 3.05) is 0 Å². The third kappa shape index (κ3) is 4.58. The van der Waals surface area contributed by atoms with Crippen LogP contribution in [0.1, 0.15) is 15.9 Å². The molecule has 5 aromatic rings. The number of aromatic carboxylic acids is 1. The predicted molar refractivity (Wildman–Crippen MR) is 132 cm³/mol. The monoisotopic (exact) mass is 538 g/mol. The Bertz CT molecular complexity index is 1890. The van der Waals surface area contributed by atoms with Gasteiger partial charge < -0.3 is 5.11 Å². The van der Waals surface area contributed by atoms with Gasteiger partial charge in [-0.25, -0.2) is 22.9 Å². The van der Waals surface area contributed by atoms with Crippen LogP contribution in [-0.2, 0) is 6.18 Å². The number of halogens is 5. The standard InChI is InChI=1S/C28H15F5N2O4/c29-18-7-10-21(23(30)14-18)16-6-11-24-22(12-16)25(36)35(20-3-1-2-17(13-20)28(31,32)33)27(39)34(24)19-8-4-15(5-9-19)26(37)38/h1-14H,(H,37,38). The highest BCUT2D eigenvalue weighted by atomic mass is 19.4. The van der Waals surface area contributed by atoms with E-state index in [0.717, 1.165) is 34.9 Å². The van der Waals surface area contributed by atoms with E-state index < -0.39 is 40.6 Å². The molecular weight excluding hydrogens is 523 g/mol. The smallest absolute Gasteiger partial charge is 0.416 e. The third-order valence-electron chi connectivity index (χ3n) is 6.10. The Kier molecular flexibility index (Phi) is 6.14. The number of alkyl halides is 3. The van der Waals surface area contributed by atoms with Crippen molar-refractivity contribution in [1.82, 2.24) is 9.13 Å². The summed E-state index contributed by atoms with van der Waals surface area (Å²) in [6.45, 7) is 0. The maximum absolute atomic E-state index is 14.5. The molecule has 0 unspecified atom stereocenters. The Morgan fingerprint density at radius 1 is 0.769 bits per heavy atom. The van der Waals surface area contributed by atoms with E-state index in [2.05, 4.69) is 0 Å². The van der Waals surface area contributed by atoms with Crippen molar-refractivity contribution < 1.29 is 31.9 Å². The van der Waals surface area contributed by atoms with Crippen molar-refractivity contribution in [3.63, 3.8) is 0 Å². The minimum absolute atomic E-state index is 0.0302. The van der Waals surface area contributed by atoms with Gasteiger partial charge in [0.2, 0.25) is 0 Å². The largest absolute Gasteiger partial charge is 0.478 e. The number of rotatable bonds is 4. The number of fused-ring (bicyclic) bond motifs is 1. The summed E-state index contributed by atoms with van der Waals surface area (Å²) >= 11 is 0. The number of hydrogen-bond acceptors (Lipinski definition) is 3. The average molecular weight is 538 g/mol. The number of carboxylic acids is 1. The molecule has 1 heterocycles. The van der Waals surface area contributed by atoms with Gasteiger partial charge >= 0.3 is 17.8 Å². The molecule has 0 saturated heterocycles. The number of nitrogens with zero attached hydrogens (tertiary/aromatic N) is 2. The maximum atomic E-state index is 14.5. The van der Waals surface area contributed by atoms with Gasteiger partial charge in [-0.3, -0.25) is 9.36 Å². The molecule has 0 atom stereocenters. The normalized spacial score (nSPS) is 11.6. The van der Waals surface area contributed by atoms with E-state index in [-0.39, 0.29) is 39.0 Å². The lowest BCUT2D eigenvalue weighted by Gasteiger charge is -2.16. The number of carboxylic acid groups (broad SMARTS) is 1. The first kappa shape index (κ1) is 25.6. The summed E-state index contributed by atoms with van der Waals surface area (Å²) in [6, 6.07) is 15.5. The second kappa shape index (κ2) is 9.35. The highest BCUT2D eigenvalue weighted by Gasteiger charge is 2.31. The Balaban J connectivity index is 1.86. The molecule has 0 amide bonds. The van der Waals surface area contributed by atoms with Crippen molar-refractivity contribution in [1.29, 1.82) is 0 Å². The van der Waals surface area contributed by atoms with E-state index in [1.165, 1.54) is 42.5 Å². The molecule has 1 aromatic heterocycles. The average Bonchev–Trinajstić information content (AvgIpc) is 2.89. The second-order valence-corrected chi connectivity index (χ2v) is 8.51. The van der Waals surface area contributed by atoms with E-state index in [1.807, 2.05) is 0 Å². The van der Waals surface area contributed by atoms with E-state index in [4.69, 9.17) is 0 Å². The SMILES string of the molecule is O=C(O)c1ccc(-n2c(=O)n(-c3cccc(C(F)(F)F)c3)c(=O)c3cc(-c4ccc(F)cc4F)ccc32)cc1. The molecule has 39 heavy (non-hydrogen) atoms. The molecule has 0 fully saturated rings. The Labute approximate surface area is 215 Å². The van der Waals surface area contributed by atoms with E-state index in [9.17, 15) is 41.4 Å². The first-order chi connectivity index (χ1) is 18.5. The summed E-state index contributed by atoms with van der Waals surface area (Å²) in [7, 11) is 0. The molecular formula is C28H15F5N2O4. The molecule has 0 saturated carbocycles. The van der Waals surface area contributed by atoms with Crippen LogP contribution in [0.4, 0.5) is 22.0 Å². The summed E-state index contributed by atoms with van der Waals surface area (Å²) < 4.78 is 69.8. The van der Waals surface area contributed by atoms with E-state index >= 15 is 0 Å². The summed E-state index contributed by atoms with van der Waals surface area (Å²) in [6.07, 6.45) is -4.75. The third-order valence-corrected chi connectivity index (χ3v) is 6.10. The zero-order chi connectivity index (χ0) is 28.1. The molecule has 0 aliphatic rings. The number of benzene rings is 4. The van der Waals surface area contributed by atoms with Crippen LogP contribution in [0.15, 0.2) is 94.5 Å². The van der Waals surface area contributed by atoms with Gasteiger partial charge in [-0.05, 0) is 72.3 Å². The van der Waals surface area contributed by atoms with Crippen LogP contribution < -0.4 is 11.2 Å². The fourth-order valence-electron chi connectivity index (χ4n) is 4.26. The second-order valence-electron chi connectivity index (χ2n) is 8.51. The lowest BCUT2D eigenvalue weighted by molar-refractivity contribution is -0.137. The minimum Gasteiger partial charge on any atom is -0.478 e. The molecule has 6 nitrogen and oxygen atoms in total. The molecule has 0 radical (unpaired) electrons. The highest BCUT2D eigenvalue weighted by Crippen LogP contribution is 2.31. The van der Waals surface area contributed by atoms with Gasteiger partial charge in [0.1, 0.15) is 11.6 Å². The number of carbonyl (C=O) groups is 1. The maximum Gasteiger partial charge on any atom is 0.416 e. The number of aromatic nitrogens is 2. The fraction of sp³-hybridized carbons (Fsp3) is 0.0357. The zero-order valence-corrected chi connectivity index (χ0v) is 19.5.